The second kappa shape index (κ2) is 5.20. The number of aromatic hydroxyl groups is 1. The minimum absolute atomic E-state index is 0.0441. The summed E-state index contributed by atoms with van der Waals surface area (Å²) < 4.78 is 31.8. The van der Waals surface area contributed by atoms with Gasteiger partial charge in [0, 0.05) is 16.2 Å². The highest BCUT2D eigenvalue weighted by Crippen LogP contribution is 2.43. The molecule has 0 radical (unpaired) electrons. The maximum absolute atomic E-state index is 11.0. The van der Waals surface area contributed by atoms with Crippen LogP contribution in [0.4, 0.5) is 0 Å². The fourth-order valence-corrected chi connectivity index (χ4v) is 2.52. The van der Waals surface area contributed by atoms with Gasteiger partial charge in [0.05, 0.1) is 20.0 Å². The highest BCUT2D eigenvalue weighted by atomic mass is 35.7. The van der Waals surface area contributed by atoms with E-state index in [1.165, 1.54) is 20.3 Å². The Morgan fingerprint density at radius 2 is 1.94 bits per heavy atom. The van der Waals surface area contributed by atoms with E-state index in [0.29, 0.717) is 0 Å². The van der Waals surface area contributed by atoms with Crippen LogP contribution in [0.1, 0.15) is 5.56 Å². The van der Waals surface area contributed by atoms with Gasteiger partial charge in [-0.15, -0.1) is 0 Å². The summed E-state index contributed by atoms with van der Waals surface area (Å²) in [7, 11) is 4.02. The summed E-state index contributed by atoms with van der Waals surface area (Å²) in [5, 5.41) is 9.58. The van der Waals surface area contributed by atoms with Crippen molar-refractivity contribution in [2.24, 2.45) is 0 Å². The lowest BCUT2D eigenvalue weighted by atomic mass is 10.2. The summed E-state index contributed by atoms with van der Waals surface area (Å²) in [6.07, 6.45) is 0. The van der Waals surface area contributed by atoms with Crippen molar-refractivity contribution in [1.82, 2.24) is 0 Å². The molecule has 0 saturated carbocycles. The number of benzene rings is 1. The van der Waals surface area contributed by atoms with Gasteiger partial charge < -0.3 is 14.6 Å². The normalized spacial score (nSPS) is 11.3. The lowest BCUT2D eigenvalue weighted by Crippen LogP contribution is -1.99. The molecule has 17 heavy (non-hydrogen) atoms. The zero-order valence-corrected chi connectivity index (χ0v) is 11.4. The number of hydrogen-bond acceptors (Lipinski definition) is 5. The zero-order valence-electron chi connectivity index (χ0n) is 9.03. The third-order valence-corrected chi connectivity index (χ3v) is 3.33. The van der Waals surface area contributed by atoms with Crippen molar-refractivity contribution in [3.63, 3.8) is 0 Å². The Balaban J connectivity index is 3.39. The van der Waals surface area contributed by atoms with E-state index in [9.17, 15) is 13.5 Å². The first-order chi connectivity index (χ1) is 7.80. The lowest BCUT2D eigenvalue weighted by Gasteiger charge is -2.13. The molecule has 1 aromatic rings. The van der Waals surface area contributed by atoms with E-state index in [-0.39, 0.29) is 22.1 Å². The number of phenolic OH excluding ortho intramolecular Hbond substituents is 1. The molecule has 0 saturated heterocycles. The van der Waals surface area contributed by atoms with Gasteiger partial charge >= 0.3 is 0 Å². The molecule has 5 nitrogen and oxygen atoms in total. The van der Waals surface area contributed by atoms with Gasteiger partial charge in [0.15, 0.2) is 11.5 Å². The van der Waals surface area contributed by atoms with E-state index < -0.39 is 20.6 Å². The van der Waals surface area contributed by atoms with Gasteiger partial charge in [0.25, 0.3) is 0 Å². The van der Waals surface area contributed by atoms with Crippen LogP contribution in [0, 0.1) is 0 Å². The highest BCUT2D eigenvalue weighted by molar-refractivity contribution is 8.13. The van der Waals surface area contributed by atoms with Crippen LogP contribution in [-0.2, 0) is 14.8 Å². The number of methoxy groups -OCH3 is 2. The fraction of sp³-hybridized carbons (Fsp3) is 0.333. The number of rotatable bonds is 4. The van der Waals surface area contributed by atoms with E-state index in [1.54, 1.807) is 0 Å². The molecule has 0 fully saturated rings. The van der Waals surface area contributed by atoms with Crippen molar-refractivity contribution in [2.45, 2.75) is 5.75 Å². The van der Waals surface area contributed by atoms with E-state index in [1.807, 2.05) is 0 Å². The maximum Gasteiger partial charge on any atom is 0.236 e. The van der Waals surface area contributed by atoms with Gasteiger partial charge in [-0.2, -0.15) is 0 Å². The van der Waals surface area contributed by atoms with Crippen molar-refractivity contribution in [2.75, 3.05) is 14.2 Å². The largest absolute Gasteiger partial charge is 0.506 e. The molecule has 8 heteroatoms. The summed E-state index contributed by atoms with van der Waals surface area (Å²) in [5.41, 5.74) is 0.0441. The molecule has 0 heterocycles. The first-order valence-corrected chi connectivity index (χ1v) is 7.20. The van der Waals surface area contributed by atoms with Crippen LogP contribution in [0.15, 0.2) is 6.07 Å². The van der Waals surface area contributed by atoms with E-state index >= 15 is 0 Å². The second-order valence-corrected chi connectivity index (χ2v) is 6.27. The van der Waals surface area contributed by atoms with Gasteiger partial charge in [0.2, 0.25) is 9.05 Å². The average Bonchev–Trinajstić information content (AvgIpc) is 2.22. The van der Waals surface area contributed by atoms with Gasteiger partial charge in [-0.1, -0.05) is 11.6 Å². The van der Waals surface area contributed by atoms with Crippen molar-refractivity contribution in [1.29, 1.82) is 0 Å². The SMILES string of the molecule is COc1cc(CS(=O)(=O)Cl)c(O)c(Cl)c1OC. The quantitative estimate of drug-likeness (QED) is 0.862. The Kier molecular flexibility index (Phi) is 4.35. The number of phenols is 1. The van der Waals surface area contributed by atoms with Crippen LogP contribution in [-0.4, -0.2) is 27.7 Å². The minimum Gasteiger partial charge on any atom is -0.506 e. The second-order valence-electron chi connectivity index (χ2n) is 3.12. The van der Waals surface area contributed by atoms with E-state index in [2.05, 4.69) is 0 Å². The predicted octanol–water partition coefficient (Wildman–Crippen LogP) is 2.13. The van der Waals surface area contributed by atoms with Crippen LogP contribution in [0.25, 0.3) is 0 Å². The topological polar surface area (TPSA) is 72.8 Å². The van der Waals surface area contributed by atoms with Crippen molar-refractivity contribution >= 4 is 31.3 Å². The van der Waals surface area contributed by atoms with Gasteiger partial charge in [-0.05, 0) is 6.07 Å². The molecule has 1 rings (SSSR count). The third kappa shape index (κ3) is 3.31. The average molecular weight is 301 g/mol. The van der Waals surface area contributed by atoms with Gasteiger partial charge in [-0.25, -0.2) is 8.42 Å². The van der Waals surface area contributed by atoms with Gasteiger partial charge in [-0.3, -0.25) is 0 Å². The molecule has 0 unspecified atom stereocenters. The first-order valence-electron chi connectivity index (χ1n) is 4.34. The molecule has 0 amide bonds. The highest BCUT2D eigenvalue weighted by Gasteiger charge is 2.20. The summed E-state index contributed by atoms with van der Waals surface area (Å²) in [4.78, 5) is 0. The third-order valence-electron chi connectivity index (χ3n) is 1.99. The molecule has 0 spiro atoms. The van der Waals surface area contributed by atoms with Crippen LogP contribution < -0.4 is 9.47 Å². The van der Waals surface area contributed by atoms with Gasteiger partial charge in [0.1, 0.15) is 10.8 Å². The standard InChI is InChI=1S/C9H10Cl2O5S/c1-15-6-3-5(4-17(11,13)14)8(12)7(10)9(6)16-2/h3,12H,4H2,1-2H3. The van der Waals surface area contributed by atoms with Crippen molar-refractivity contribution in [3.05, 3.63) is 16.7 Å². The monoisotopic (exact) mass is 300 g/mol. The molecule has 1 aromatic carbocycles. The predicted molar refractivity (Wildman–Crippen MR) is 64.7 cm³/mol. The Morgan fingerprint density at radius 1 is 1.35 bits per heavy atom. The lowest BCUT2D eigenvalue weighted by molar-refractivity contribution is 0.351. The Hall–Kier alpha value is -0.850. The zero-order chi connectivity index (χ0) is 13.2. The smallest absolute Gasteiger partial charge is 0.236 e. The molecule has 0 bridgehead atoms. The van der Waals surface area contributed by atoms with Crippen LogP contribution in [0.3, 0.4) is 0 Å². The summed E-state index contributed by atoms with van der Waals surface area (Å²) in [5.74, 6) is -0.609. The van der Waals surface area contributed by atoms with Crippen LogP contribution >= 0.6 is 22.3 Å². The van der Waals surface area contributed by atoms with Crippen molar-refractivity contribution < 1.29 is 23.0 Å². The molecule has 0 aliphatic heterocycles. The van der Waals surface area contributed by atoms with Crippen LogP contribution in [0.5, 0.6) is 17.2 Å². The van der Waals surface area contributed by atoms with E-state index in [4.69, 9.17) is 31.8 Å². The summed E-state index contributed by atoms with van der Waals surface area (Å²) >= 11 is 5.82. The minimum atomic E-state index is -3.80. The molecule has 0 aliphatic carbocycles. The maximum atomic E-state index is 11.0. The Labute approximate surface area is 108 Å². The number of hydrogen-bond donors (Lipinski definition) is 1. The molecule has 96 valence electrons. The molecule has 0 aromatic heterocycles. The number of halogens is 2. The van der Waals surface area contributed by atoms with E-state index in [0.717, 1.165) is 0 Å². The van der Waals surface area contributed by atoms with Crippen molar-refractivity contribution in [3.8, 4) is 17.2 Å². The molecular weight excluding hydrogens is 291 g/mol. The molecule has 0 aliphatic rings. The molecule has 0 atom stereocenters. The molecule has 1 N–H and O–H groups in total. The summed E-state index contributed by atoms with van der Waals surface area (Å²) in [6.45, 7) is 0. The Bertz CT molecular complexity index is 527. The molecular formula is C9H10Cl2O5S. The van der Waals surface area contributed by atoms with Crippen LogP contribution in [0.2, 0.25) is 5.02 Å². The Morgan fingerprint density at radius 3 is 2.35 bits per heavy atom. The number of ether oxygens (including phenoxy) is 2. The fourth-order valence-electron chi connectivity index (χ4n) is 1.29. The first kappa shape index (κ1) is 14.2. The summed E-state index contributed by atoms with van der Waals surface area (Å²) in [6, 6.07) is 1.31.